The quantitative estimate of drug-likeness (QED) is 0.352. The van der Waals surface area contributed by atoms with Gasteiger partial charge in [-0.3, -0.25) is 0 Å². The van der Waals surface area contributed by atoms with Crippen LogP contribution in [0.5, 0.6) is 0 Å². The van der Waals surface area contributed by atoms with Crippen LogP contribution in [0, 0.1) is 0 Å². The average Bonchev–Trinajstić information content (AvgIpc) is 2.01. The Morgan fingerprint density at radius 1 is 1.29 bits per heavy atom. The number of carbonyl (C=O) groups is 3. The molecule has 17 heavy (non-hydrogen) atoms. The van der Waals surface area contributed by atoms with E-state index in [0.29, 0.717) is 12.8 Å². The molecule has 0 aromatic heterocycles. The fraction of sp³-hybridized carbons (Fsp3) is 0.571. The van der Waals surface area contributed by atoms with Gasteiger partial charge in [0.25, 0.3) is 0 Å². The summed E-state index contributed by atoms with van der Waals surface area (Å²) in [6, 6.07) is -0.829. The van der Waals surface area contributed by atoms with Gasteiger partial charge in [0.05, 0.1) is 10.5 Å². The molecule has 0 aliphatic carbocycles. The Bertz CT molecular complexity index is 240. The molecule has 0 bridgehead atoms. The summed E-state index contributed by atoms with van der Waals surface area (Å²) in [7, 11) is 0. The Kier molecular flexibility index (Phi) is 26.2. The van der Waals surface area contributed by atoms with Crippen molar-refractivity contribution in [2.75, 3.05) is 0 Å². The molecule has 0 aliphatic rings. The van der Waals surface area contributed by atoms with Gasteiger partial charge in [-0.1, -0.05) is 13.3 Å². The molecule has 0 fully saturated rings. The Morgan fingerprint density at radius 2 is 1.65 bits per heavy atom. The number of carboxylic acid groups (broad SMARTS) is 1. The summed E-state index contributed by atoms with van der Waals surface area (Å²) in [5.41, 5.74) is 4.29. The smallest absolute Gasteiger partial charge is 0.719 e. The first-order valence-corrected chi connectivity index (χ1v) is 4.79. The molecule has 1 unspecified atom stereocenters. The van der Waals surface area contributed by atoms with E-state index in [9.17, 15) is 9.59 Å². The van der Waals surface area contributed by atoms with Crippen molar-refractivity contribution < 1.29 is 78.6 Å². The van der Waals surface area contributed by atoms with E-state index in [4.69, 9.17) is 9.90 Å². The van der Waals surface area contributed by atoms with Gasteiger partial charge in [-0.05, 0) is 6.42 Å². The summed E-state index contributed by atoms with van der Waals surface area (Å²) in [6.45, 7) is 1.84. The van der Waals surface area contributed by atoms with E-state index in [0.717, 1.165) is 0 Å². The second-order valence-corrected chi connectivity index (χ2v) is 3.20. The topological polar surface area (TPSA) is 109 Å². The van der Waals surface area contributed by atoms with Crippen molar-refractivity contribution in [1.29, 1.82) is 0 Å². The van der Waals surface area contributed by atoms with E-state index in [-0.39, 0.29) is 59.1 Å². The van der Waals surface area contributed by atoms with E-state index in [1.54, 1.807) is 0 Å². The zero-order valence-corrected chi connectivity index (χ0v) is 15.7. The van der Waals surface area contributed by atoms with E-state index >= 15 is 0 Å². The first-order valence-electron chi connectivity index (χ1n) is 3.98. The number of rotatable bonds is 4. The molecule has 0 radical (unpaired) electrons. The second-order valence-electron chi connectivity index (χ2n) is 2.43. The van der Waals surface area contributed by atoms with Crippen LogP contribution >= 0.6 is 0 Å². The van der Waals surface area contributed by atoms with Gasteiger partial charge in [-0.15, -0.1) is 0 Å². The van der Waals surface area contributed by atoms with E-state index in [1.165, 1.54) is 0 Å². The molecule has 0 heterocycles. The first-order chi connectivity index (χ1) is 6.81. The standard InChI is InChI=1S/C6H11NO3S.CH3NOS.2Na/c1-2-3-4(5(8)9)7-6(10)11;2-1(3)4;;/h4H,2-3H2,1H3,(H,8,9)(H2,7,10,11);(H3,2,3,4);;/q;;2*+1/p-2. The maximum atomic E-state index is 10.4. The molecule has 1 atom stereocenters. The third kappa shape index (κ3) is 26.5. The van der Waals surface area contributed by atoms with Crippen LogP contribution in [-0.4, -0.2) is 27.6 Å². The summed E-state index contributed by atoms with van der Waals surface area (Å²) in [5.74, 6) is -1.04. The van der Waals surface area contributed by atoms with Crippen molar-refractivity contribution in [2.45, 2.75) is 25.8 Å². The van der Waals surface area contributed by atoms with Crippen LogP contribution in [-0.2, 0) is 30.1 Å². The fourth-order valence-corrected chi connectivity index (χ4v) is 0.831. The third-order valence-corrected chi connectivity index (χ3v) is 1.29. The summed E-state index contributed by atoms with van der Waals surface area (Å²) < 4.78 is 0. The summed E-state index contributed by atoms with van der Waals surface area (Å²) >= 11 is 7.93. The van der Waals surface area contributed by atoms with E-state index in [2.05, 4.69) is 36.3 Å². The predicted octanol–water partition coefficient (Wildman–Crippen LogP) is -5.88. The molecule has 0 aromatic carbocycles. The monoisotopic (exact) mass is 298 g/mol. The Morgan fingerprint density at radius 3 is 1.82 bits per heavy atom. The number of carbonyl (C=O) groups excluding carboxylic acids is 2. The van der Waals surface area contributed by atoms with Crippen LogP contribution in [0.4, 0.5) is 9.59 Å². The molecule has 0 rings (SSSR count). The van der Waals surface area contributed by atoms with Crippen LogP contribution in [0.3, 0.4) is 0 Å². The normalized spacial score (nSPS) is 9.24. The van der Waals surface area contributed by atoms with Gasteiger partial charge in [-0.2, -0.15) is 0 Å². The minimum Gasteiger partial charge on any atom is -0.719 e. The van der Waals surface area contributed by atoms with Crippen LogP contribution in [0.2, 0.25) is 0 Å². The summed E-state index contributed by atoms with van der Waals surface area (Å²) in [4.78, 5) is 29.7. The molecular weight excluding hydrogens is 286 g/mol. The van der Waals surface area contributed by atoms with Crippen molar-refractivity contribution in [1.82, 2.24) is 5.32 Å². The zero-order valence-electron chi connectivity index (χ0n) is 10.1. The second kappa shape index (κ2) is 16.9. The number of aliphatic carboxylic acids is 1. The minimum atomic E-state index is -1.04. The van der Waals surface area contributed by atoms with Crippen LogP contribution < -0.4 is 70.2 Å². The van der Waals surface area contributed by atoms with Gasteiger partial charge < -0.3 is 51.0 Å². The average molecular weight is 298 g/mol. The summed E-state index contributed by atoms with van der Waals surface area (Å²) in [6.07, 6.45) is 1.12. The van der Waals surface area contributed by atoms with Crippen molar-refractivity contribution in [2.24, 2.45) is 5.73 Å². The zero-order chi connectivity index (χ0) is 12.4. The molecule has 0 saturated heterocycles. The van der Waals surface area contributed by atoms with Crippen molar-refractivity contribution >= 4 is 41.7 Å². The van der Waals surface area contributed by atoms with E-state index < -0.39 is 22.5 Å². The maximum absolute atomic E-state index is 10.4. The number of hydrogen-bond donors (Lipinski definition) is 3. The number of hydrogen-bond acceptors (Lipinski definition) is 5. The molecule has 0 saturated carbocycles. The molecule has 0 aliphatic heterocycles. The van der Waals surface area contributed by atoms with Crippen molar-refractivity contribution in [3.63, 3.8) is 0 Å². The van der Waals surface area contributed by atoms with Gasteiger partial charge >= 0.3 is 65.1 Å². The molecule has 10 heteroatoms. The van der Waals surface area contributed by atoms with Crippen molar-refractivity contribution in [3.05, 3.63) is 0 Å². The first kappa shape index (κ1) is 26.4. The van der Waals surface area contributed by atoms with Gasteiger partial charge in [0, 0.05) is 0 Å². The molecule has 6 nitrogen and oxygen atoms in total. The van der Waals surface area contributed by atoms with Gasteiger partial charge in [-0.25, -0.2) is 4.79 Å². The molecule has 0 aromatic rings. The molecular formula is C7H12N2Na2O4S2. The van der Waals surface area contributed by atoms with Crippen LogP contribution in [0.25, 0.3) is 0 Å². The van der Waals surface area contributed by atoms with E-state index in [1.807, 2.05) is 6.92 Å². The predicted molar refractivity (Wildman–Crippen MR) is 59.2 cm³/mol. The van der Waals surface area contributed by atoms with Crippen LogP contribution in [0.1, 0.15) is 19.8 Å². The van der Waals surface area contributed by atoms with Crippen LogP contribution in [0.15, 0.2) is 0 Å². The molecule has 2 amide bonds. The third-order valence-electron chi connectivity index (χ3n) is 1.17. The molecule has 0 spiro atoms. The molecule has 4 N–H and O–H groups in total. The number of nitrogens with one attached hydrogen (secondary N) is 1. The number of amides is 2. The largest absolute Gasteiger partial charge is 1.00 e. The van der Waals surface area contributed by atoms with Gasteiger partial charge in [0.2, 0.25) is 0 Å². The Labute approximate surface area is 155 Å². The Hall–Kier alpha value is 0.850. The SMILES string of the molecule is CCCC(NC(=O)[S-])C(=O)O.NC(=O)[S-].[Na+].[Na+]. The summed E-state index contributed by atoms with van der Waals surface area (Å²) in [5, 5.41) is 9.18. The van der Waals surface area contributed by atoms with Gasteiger partial charge in [0.1, 0.15) is 6.04 Å². The van der Waals surface area contributed by atoms with Crippen molar-refractivity contribution in [3.8, 4) is 0 Å². The number of nitrogens with two attached hydrogens (primary N) is 1. The Balaban J connectivity index is -0.000000123. The molecule has 88 valence electrons. The minimum absolute atomic E-state index is 0. The number of primary amides is 1. The fourth-order valence-electron chi connectivity index (χ4n) is 0.688. The maximum Gasteiger partial charge on any atom is 1.00 e. The number of carboxylic acids is 1. The van der Waals surface area contributed by atoms with Gasteiger partial charge in [0.15, 0.2) is 0 Å².